The van der Waals surface area contributed by atoms with Crippen molar-refractivity contribution >= 4 is 17.3 Å². The lowest BCUT2D eigenvalue weighted by atomic mass is 10.0. The molecule has 1 fully saturated rings. The Kier molecular flexibility index (Phi) is 5.23. The number of allylic oxidation sites excluding steroid dienone is 1. The minimum atomic E-state index is 0.543. The fraction of sp³-hybridized carbons (Fsp3) is 0.533. The summed E-state index contributed by atoms with van der Waals surface area (Å²) < 4.78 is 0. The number of halogens is 1. The van der Waals surface area contributed by atoms with Crippen molar-refractivity contribution in [3.05, 3.63) is 35.1 Å². The Morgan fingerprint density at radius 2 is 2.21 bits per heavy atom. The van der Waals surface area contributed by atoms with E-state index in [4.69, 9.17) is 11.6 Å². The summed E-state index contributed by atoms with van der Waals surface area (Å²) in [6.07, 6.45) is 6.40. The molecule has 3 nitrogen and oxygen atoms in total. The molecular formula is C15H22ClN3. The minimum absolute atomic E-state index is 0.543. The van der Waals surface area contributed by atoms with Crippen molar-refractivity contribution in [3.8, 4) is 0 Å². The average molecular weight is 280 g/mol. The second-order valence-corrected chi connectivity index (χ2v) is 5.76. The van der Waals surface area contributed by atoms with E-state index in [1.54, 1.807) is 6.20 Å². The average Bonchev–Trinajstić information content (AvgIpc) is 2.38. The number of pyridine rings is 1. The van der Waals surface area contributed by atoms with Crippen LogP contribution < -0.4 is 5.32 Å². The monoisotopic (exact) mass is 279 g/mol. The number of hydrogen-bond acceptors (Lipinski definition) is 3. The van der Waals surface area contributed by atoms with Crippen LogP contribution in [0.4, 0.5) is 5.69 Å². The quantitative estimate of drug-likeness (QED) is 0.674. The summed E-state index contributed by atoms with van der Waals surface area (Å²) >= 11 is 5.89. The number of nitrogens with zero attached hydrogens (tertiary/aromatic N) is 2. The van der Waals surface area contributed by atoms with Crippen molar-refractivity contribution in [3.63, 3.8) is 0 Å². The highest BCUT2D eigenvalue weighted by Crippen LogP contribution is 2.18. The van der Waals surface area contributed by atoms with E-state index in [-0.39, 0.29) is 0 Å². The normalized spacial score (nSPS) is 17.2. The molecule has 19 heavy (non-hydrogen) atoms. The van der Waals surface area contributed by atoms with Crippen LogP contribution in [-0.2, 0) is 0 Å². The zero-order valence-electron chi connectivity index (χ0n) is 11.7. The van der Waals surface area contributed by atoms with E-state index in [0.29, 0.717) is 11.2 Å². The molecule has 0 unspecified atom stereocenters. The maximum absolute atomic E-state index is 5.89. The Balaban J connectivity index is 1.79. The fourth-order valence-corrected chi connectivity index (χ4v) is 2.47. The molecule has 1 saturated heterocycles. The molecule has 0 radical (unpaired) electrons. The molecule has 2 rings (SSSR count). The molecule has 4 heteroatoms. The molecule has 0 atom stereocenters. The van der Waals surface area contributed by atoms with E-state index in [2.05, 4.69) is 35.1 Å². The van der Waals surface area contributed by atoms with Crippen LogP contribution >= 0.6 is 11.6 Å². The van der Waals surface area contributed by atoms with Gasteiger partial charge in [-0.1, -0.05) is 23.3 Å². The Bertz CT molecular complexity index is 433. The van der Waals surface area contributed by atoms with Crippen LogP contribution in [0.25, 0.3) is 0 Å². The number of rotatable bonds is 4. The van der Waals surface area contributed by atoms with E-state index in [9.17, 15) is 0 Å². The Labute approximate surface area is 120 Å². The zero-order chi connectivity index (χ0) is 13.7. The summed E-state index contributed by atoms with van der Waals surface area (Å²) in [5, 5.41) is 4.09. The lowest BCUT2D eigenvalue weighted by Gasteiger charge is -2.32. The molecule has 1 N–H and O–H groups in total. The largest absolute Gasteiger partial charge is 0.382 e. The van der Waals surface area contributed by atoms with Crippen LogP contribution in [0.1, 0.15) is 26.7 Å². The summed E-state index contributed by atoms with van der Waals surface area (Å²) in [7, 11) is 0. The van der Waals surface area contributed by atoms with Gasteiger partial charge in [0.1, 0.15) is 5.15 Å². The van der Waals surface area contributed by atoms with Crippen LogP contribution in [0.15, 0.2) is 30.0 Å². The standard InChI is InChI=1S/C15H22ClN3/c1-12(2)4-8-19-9-5-13(6-10-19)18-14-3-7-17-15(16)11-14/h3-4,7,11,13H,5-6,8-10H2,1-2H3,(H,17,18). The summed E-state index contributed by atoms with van der Waals surface area (Å²) in [6.45, 7) is 7.69. The first kappa shape index (κ1) is 14.4. The van der Waals surface area contributed by atoms with Crippen molar-refractivity contribution < 1.29 is 0 Å². The second kappa shape index (κ2) is 6.92. The Hall–Kier alpha value is -1.06. The van der Waals surface area contributed by atoms with Gasteiger partial charge in [0.2, 0.25) is 0 Å². The molecule has 0 spiro atoms. The number of hydrogen-bond donors (Lipinski definition) is 1. The highest BCUT2D eigenvalue weighted by molar-refractivity contribution is 6.29. The SMILES string of the molecule is CC(C)=CCN1CCC(Nc2ccnc(Cl)c2)CC1. The number of nitrogens with one attached hydrogen (secondary N) is 1. The van der Waals surface area contributed by atoms with Gasteiger partial charge in [-0.2, -0.15) is 0 Å². The van der Waals surface area contributed by atoms with Gasteiger partial charge in [0.05, 0.1) is 0 Å². The molecule has 1 aromatic heterocycles. The van der Waals surface area contributed by atoms with Crippen molar-refractivity contribution in [2.24, 2.45) is 0 Å². The molecule has 0 amide bonds. The van der Waals surface area contributed by atoms with Crippen LogP contribution in [0, 0.1) is 0 Å². The summed E-state index contributed by atoms with van der Waals surface area (Å²) in [6, 6.07) is 4.40. The first-order valence-electron chi connectivity index (χ1n) is 6.87. The van der Waals surface area contributed by atoms with Gasteiger partial charge < -0.3 is 5.32 Å². The van der Waals surface area contributed by atoms with Gasteiger partial charge >= 0.3 is 0 Å². The predicted octanol–water partition coefficient (Wildman–Crippen LogP) is 3.58. The summed E-state index contributed by atoms with van der Waals surface area (Å²) in [4.78, 5) is 6.50. The van der Waals surface area contributed by atoms with Crippen molar-refractivity contribution in [2.75, 3.05) is 25.0 Å². The lowest BCUT2D eigenvalue weighted by molar-refractivity contribution is 0.240. The first-order valence-corrected chi connectivity index (χ1v) is 7.25. The van der Waals surface area contributed by atoms with Crippen molar-refractivity contribution in [1.82, 2.24) is 9.88 Å². The smallest absolute Gasteiger partial charge is 0.131 e. The Morgan fingerprint density at radius 3 is 2.84 bits per heavy atom. The number of aromatic nitrogens is 1. The molecule has 0 aliphatic carbocycles. The number of anilines is 1. The van der Waals surface area contributed by atoms with Gasteiger partial charge in [0.25, 0.3) is 0 Å². The highest BCUT2D eigenvalue weighted by atomic mass is 35.5. The second-order valence-electron chi connectivity index (χ2n) is 5.37. The van der Waals surface area contributed by atoms with Gasteiger partial charge in [-0.15, -0.1) is 0 Å². The number of piperidine rings is 1. The summed E-state index contributed by atoms with van der Waals surface area (Å²) in [5.74, 6) is 0. The van der Waals surface area contributed by atoms with E-state index in [0.717, 1.165) is 25.3 Å². The molecule has 0 aromatic carbocycles. The van der Waals surface area contributed by atoms with Crippen LogP contribution in [0.2, 0.25) is 5.15 Å². The molecule has 0 bridgehead atoms. The third-order valence-electron chi connectivity index (χ3n) is 3.44. The fourth-order valence-electron chi connectivity index (χ4n) is 2.30. The molecule has 2 heterocycles. The molecular weight excluding hydrogens is 258 g/mol. The molecule has 1 aliphatic rings. The number of likely N-dealkylation sites (tertiary alicyclic amines) is 1. The maximum atomic E-state index is 5.89. The Morgan fingerprint density at radius 1 is 1.47 bits per heavy atom. The van der Waals surface area contributed by atoms with Crippen molar-refractivity contribution in [2.45, 2.75) is 32.7 Å². The molecule has 1 aliphatic heterocycles. The predicted molar refractivity (Wildman–Crippen MR) is 81.8 cm³/mol. The van der Waals surface area contributed by atoms with E-state index >= 15 is 0 Å². The zero-order valence-corrected chi connectivity index (χ0v) is 12.5. The van der Waals surface area contributed by atoms with E-state index in [1.165, 1.54) is 18.4 Å². The maximum Gasteiger partial charge on any atom is 0.131 e. The summed E-state index contributed by atoms with van der Waals surface area (Å²) in [5.41, 5.74) is 2.47. The molecule has 104 valence electrons. The van der Waals surface area contributed by atoms with Crippen LogP contribution in [-0.4, -0.2) is 35.6 Å². The lowest BCUT2D eigenvalue weighted by Crippen LogP contribution is -2.39. The van der Waals surface area contributed by atoms with Gasteiger partial charge in [-0.05, 0) is 38.8 Å². The minimum Gasteiger partial charge on any atom is -0.382 e. The van der Waals surface area contributed by atoms with E-state index < -0.39 is 0 Å². The first-order chi connectivity index (χ1) is 9.13. The topological polar surface area (TPSA) is 28.2 Å². The highest BCUT2D eigenvalue weighted by Gasteiger charge is 2.18. The third kappa shape index (κ3) is 4.84. The van der Waals surface area contributed by atoms with Gasteiger partial charge in [0, 0.05) is 37.6 Å². The van der Waals surface area contributed by atoms with Crippen LogP contribution in [0.5, 0.6) is 0 Å². The van der Waals surface area contributed by atoms with Crippen molar-refractivity contribution in [1.29, 1.82) is 0 Å². The van der Waals surface area contributed by atoms with Gasteiger partial charge in [-0.25, -0.2) is 4.98 Å². The van der Waals surface area contributed by atoms with E-state index in [1.807, 2.05) is 12.1 Å². The van der Waals surface area contributed by atoms with Crippen LogP contribution in [0.3, 0.4) is 0 Å². The molecule has 1 aromatic rings. The third-order valence-corrected chi connectivity index (χ3v) is 3.65. The van der Waals surface area contributed by atoms with Gasteiger partial charge in [0.15, 0.2) is 0 Å². The molecule has 0 saturated carbocycles. The van der Waals surface area contributed by atoms with Gasteiger partial charge in [-0.3, -0.25) is 4.90 Å².